The highest BCUT2D eigenvalue weighted by molar-refractivity contribution is 5.75. The van der Waals surface area contributed by atoms with E-state index < -0.39 is 13.2 Å². The van der Waals surface area contributed by atoms with Gasteiger partial charge in [-0.05, 0) is 36.0 Å². The third-order valence-electron chi connectivity index (χ3n) is 4.29. The summed E-state index contributed by atoms with van der Waals surface area (Å²) in [4.78, 5) is 0. The van der Waals surface area contributed by atoms with Crippen LogP contribution in [-0.2, 0) is 12.9 Å². The van der Waals surface area contributed by atoms with Crippen molar-refractivity contribution in [2.24, 2.45) is 0 Å². The van der Waals surface area contributed by atoms with Crippen LogP contribution in [0.3, 0.4) is 0 Å². The zero-order chi connectivity index (χ0) is 19.4. The van der Waals surface area contributed by atoms with Crippen molar-refractivity contribution in [3.05, 3.63) is 77.5 Å². The van der Waals surface area contributed by atoms with Crippen LogP contribution in [0, 0.1) is 6.85 Å². The minimum atomic E-state index is -2.27. The van der Waals surface area contributed by atoms with Crippen molar-refractivity contribution in [2.75, 3.05) is 0 Å². The molecule has 0 amide bonds. The van der Waals surface area contributed by atoms with Crippen LogP contribution in [0.2, 0.25) is 0 Å². The fourth-order valence-electron chi connectivity index (χ4n) is 3.19. The molecule has 0 radical (unpaired) electrons. The third-order valence-corrected chi connectivity index (χ3v) is 4.29. The van der Waals surface area contributed by atoms with Gasteiger partial charge in [0.25, 0.3) is 0 Å². The van der Waals surface area contributed by atoms with E-state index in [1.165, 1.54) is 12.5 Å². The van der Waals surface area contributed by atoms with E-state index in [0.29, 0.717) is 23.2 Å². The first kappa shape index (κ1) is 8.89. The maximum Gasteiger partial charge on any atom is 0.213 e. The lowest BCUT2D eigenvalue weighted by atomic mass is 9.94. The van der Waals surface area contributed by atoms with Crippen LogP contribution < -0.4 is 4.57 Å². The van der Waals surface area contributed by atoms with Crippen molar-refractivity contribution in [3.63, 3.8) is 0 Å². The molecule has 0 spiro atoms. The maximum absolute atomic E-state index is 8.33. The fraction of sp³-hybridized carbons (Fsp3) is 0.190. The standard InChI is InChI=1S/C21H20N/c1-3-16-13-22-14-17-9-5-7-11-19(17)21(22)12-20(16)18-10-6-4-8-15(18)2/h4-13H,3,14H2,1-2H3/q+1/i2D3,3D2. The molecule has 0 fully saturated rings. The minimum Gasteiger partial charge on any atom is -0.194 e. The van der Waals surface area contributed by atoms with E-state index in [1.54, 1.807) is 24.3 Å². The summed E-state index contributed by atoms with van der Waals surface area (Å²) in [6, 6.07) is 16.9. The largest absolute Gasteiger partial charge is 0.213 e. The first-order valence-electron chi connectivity index (χ1n) is 9.92. The molecule has 1 nitrogen and oxygen atoms in total. The Bertz CT molecular complexity index is 1030. The highest BCUT2D eigenvalue weighted by Gasteiger charge is 2.27. The number of pyridine rings is 1. The Morgan fingerprint density at radius 2 is 1.82 bits per heavy atom. The van der Waals surface area contributed by atoms with Crippen molar-refractivity contribution in [1.29, 1.82) is 0 Å². The van der Waals surface area contributed by atoms with Crippen LogP contribution in [0.25, 0.3) is 22.4 Å². The summed E-state index contributed by atoms with van der Waals surface area (Å²) in [5.41, 5.74) is 5.20. The Labute approximate surface area is 138 Å². The summed E-state index contributed by atoms with van der Waals surface area (Å²) in [5, 5.41) is 0. The second-order valence-corrected chi connectivity index (χ2v) is 5.57. The van der Waals surface area contributed by atoms with E-state index in [1.807, 2.05) is 35.0 Å². The third kappa shape index (κ3) is 1.97. The van der Waals surface area contributed by atoms with Crippen LogP contribution in [0.1, 0.15) is 30.5 Å². The van der Waals surface area contributed by atoms with E-state index in [2.05, 4.69) is 6.07 Å². The van der Waals surface area contributed by atoms with Gasteiger partial charge in [0.1, 0.15) is 0 Å². The molecule has 0 bridgehead atoms. The van der Waals surface area contributed by atoms with Crippen LogP contribution in [-0.4, -0.2) is 0 Å². The van der Waals surface area contributed by atoms with Gasteiger partial charge in [0.15, 0.2) is 12.7 Å². The van der Waals surface area contributed by atoms with Crippen LogP contribution >= 0.6 is 0 Å². The topological polar surface area (TPSA) is 3.88 Å². The van der Waals surface area contributed by atoms with Gasteiger partial charge in [-0.25, -0.2) is 0 Å². The summed E-state index contributed by atoms with van der Waals surface area (Å²) in [5.74, 6) is 0. The highest BCUT2D eigenvalue weighted by atomic mass is 15.0. The number of fused-ring (bicyclic) bond motifs is 3. The van der Waals surface area contributed by atoms with E-state index >= 15 is 0 Å². The Morgan fingerprint density at radius 1 is 1.05 bits per heavy atom. The van der Waals surface area contributed by atoms with Crippen molar-refractivity contribution < 1.29 is 11.4 Å². The Kier molecular flexibility index (Phi) is 2.06. The van der Waals surface area contributed by atoms with Gasteiger partial charge in [0.05, 0.1) is 5.56 Å². The van der Waals surface area contributed by atoms with Crippen LogP contribution in [0.4, 0.5) is 0 Å². The summed E-state index contributed by atoms with van der Waals surface area (Å²) < 4.78 is 42.4. The number of hydrogen-bond acceptors (Lipinski definition) is 0. The molecule has 0 N–H and O–H groups in total. The zero-order valence-corrected chi connectivity index (χ0v) is 12.4. The van der Waals surface area contributed by atoms with Gasteiger partial charge in [0, 0.05) is 24.0 Å². The Morgan fingerprint density at radius 3 is 2.64 bits per heavy atom. The zero-order valence-electron chi connectivity index (χ0n) is 17.4. The van der Waals surface area contributed by atoms with E-state index in [-0.39, 0.29) is 5.56 Å². The van der Waals surface area contributed by atoms with E-state index in [0.717, 1.165) is 11.3 Å². The first-order valence-corrected chi connectivity index (χ1v) is 7.42. The lowest BCUT2D eigenvalue weighted by molar-refractivity contribution is -0.672. The van der Waals surface area contributed by atoms with Gasteiger partial charge in [-0.15, -0.1) is 0 Å². The summed E-state index contributed by atoms with van der Waals surface area (Å²) >= 11 is 0. The Balaban J connectivity index is 2.03. The van der Waals surface area contributed by atoms with Crippen LogP contribution in [0.5, 0.6) is 0 Å². The van der Waals surface area contributed by atoms with E-state index in [9.17, 15) is 0 Å². The monoisotopic (exact) mass is 291 g/mol. The summed E-state index contributed by atoms with van der Waals surface area (Å²) in [6.45, 7) is -0.0625. The molecular weight excluding hydrogens is 266 g/mol. The van der Waals surface area contributed by atoms with Crippen molar-refractivity contribution in [3.8, 4) is 22.4 Å². The lowest BCUT2D eigenvalue weighted by Crippen LogP contribution is -2.32. The molecular formula is C21H20N+. The van der Waals surface area contributed by atoms with Gasteiger partial charge >= 0.3 is 0 Å². The number of aromatic nitrogens is 1. The van der Waals surface area contributed by atoms with Crippen molar-refractivity contribution in [2.45, 2.75) is 26.7 Å². The molecule has 2 heterocycles. The molecule has 1 aliphatic rings. The molecule has 4 rings (SSSR count). The quantitative estimate of drug-likeness (QED) is 0.477. The predicted octanol–water partition coefficient (Wildman–Crippen LogP) is 4.54. The van der Waals surface area contributed by atoms with Crippen molar-refractivity contribution >= 4 is 0 Å². The molecule has 0 aliphatic carbocycles. The number of rotatable bonds is 2. The molecule has 1 aliphatic heterocycles. The number of hydrogen-bond donors (Lipinski definition) is 0. The molecule has 1 aromatic heterocycles. The van der Waals surface area contributed by atoms with Crippen molar-refractivity contribution in [1.82, 2.24) is 0 Å². The molecule has 3 aromatic rings. The SMILES string of the molecule is [2H]C([2H])([2H])c1ccccc1-c1cc2[n+](cc1C([2H])([2H])C)Cc1ccccc1-2. The van der Waals surface area contributed by atoms with Gasteiger partial charge in [-0.1, -0.05) is 49.4 Å². The van der Waals surface area contributed by atoms with Crippen LogP contribution in [0.15, 0.2) is 60.8 Å². The first-order chi connectivity index (χ1) is 12.7. The second-order valence-electron chi connectivity index (χ2n) is 5.57. The average molecular weight is 291 g/mol. The normalized spacial score (nSPS) is 16.7. The van der Waals surface area contributed by atoms with Gasteiger partial charge in [0.2, 0.25) is 5.69 Å². The fourth-order valence-corrected chi connectivity index (χ4v) is 3.19. The molecule has 0 atom stereocenters. The number of nitrogens with zero attached hydrogens (tertiary/aromatic N) is 1. The maximum atomic E-state index is 8.33. The average Bonchev–Trinajstić information content (AvgIpc) is 2.97. The smallest absolute Gasteiger partial charge is 0.194 e. The lowest BCUT2D eigenvalue weighted by Gasteiger charge is -2.10. The van der Waals surface area contributed by atoms with Gasteiger partial charge in [-0.2, -0.15) is 4.57 Å². The van der Waals surface area contributed by atoms with Gasteiger partial charge in [-0.3, -0.25) is 0 Å². The molecule has 108 valence electrons. The molecule has 1 heteroatoms. The van der Waals surface area contributed by atoms with Gasteiger partial charge < -0.3 is 0 Å². The summed E-state index contributed by atoms with van der Waals surface area (Å²) in [7, 11) is 0. The Hall–Kier alpha value is -2.41. The molecule has 2 aromatic carbocycles. The summed E-state index contributed by atoms with van der Waals surface area (Å²) in [6.07, 6.45) is 0.231. The highest BCUT2D eigenvalue weighted by Crippen LogP contribution is 2.33. The molecule has 0 unspecified atom stereocenters. The predicted molar refractivity (Wildman–Crippen MR) is 90.7 cm³/mol. The number of benzene rings is 2. The van der Waals surface area contributed by atoms with E-state index in [4.69, 9.17) is 6.85 Å². The minimum absolute atomic E-state index is 0.242. The molecule has 22 heavy (non-hydrogen) atoms. The molecule has 0 saturated carbocycles. The second kappa shape index (κ2) is 5.10. The number of aryl methyl sites for hydroxylation is 2. The molecule has 0 saturated heterocycles.